The molecule has 1 aliphatic carbocycles. The lowest BCUT2D eigenvalue weighted by molar-refractivity contribution is 0.285. The number of hydrogen-bond acceptors (Lipinski definition) is 2. The van der Waals surface area contributed by atoms with Crippen molar-refractivity contribution in [3.8, 4) is 0 Å². The lowest BCUT2D eigenvalue weighted by atomic mass is 9.86. The van der Waals surface area contributed by atoms with Gasteiger partial charge in [0.05, 0.1) is 5.69 Å². The van der Waals surface area contributed by atoms with Crippen LogP contribution in [0, 0.1) is 19.8 Å². The van der Waals surface area contributed by atoms with Gasteiger partial charge in [0, 0.05) is 30.4 Å². The van der Waals surface area contributed by atoms with Crippen molar-refractivity contribution in [2.75, 3.05) is 0 Å². The first-order chi connectivity index (χ1) is 8.49. The molecule has 3 atom stereocenters. The Kier molecular flexibility index (Phi) is 4.10. The van der Waals surface area contributed by atoms with Gasteiger partial charge in [0.25, 0.3) is 0 Å². The van der Waals surface area contributed by atoms with E-state index in [2.05, 4.69) is 38.1 Å². The molecule has 102 valence electrons. The number of rotatable bonds is 3. The summed E-state index contributed by atoms with van der Waals surface area (Å²) in [4.78, 5) is 0. The van der Waals surface area contributed by atoms with Gasteiger partial charge in [0.2, 0.25) is 0 Å². The van der Waals surface area contributed by atoms with E-state index >= 15 is 0 Å². The van der Waals surface area contributed by atoms with Crippen LogP contribution in [0.1, 0.15) is 62.5 Å². The van der Waals surface area contributed by atoms with Crippen LogP contribution in [-0.4, -0.2) is 15.8 Å². The Morgan fingerprint density at radius 3 is 2.61 bits per heavy atom. The summed E-state index contributed by atoms with van der Waals surface area (Å²) in [6.45, 7) is 8.93. The molecule has 2 rings (SSSR count). The number of aromatic nitrogens is 2. The average Bonchev–Trinajstić information content (AvgIpc) is 2.53. The highest BCUT2D eigenvalue weighted by Crippen LogP contribution is 2.27. The summed E-state index contributed by atoms with van der Waals surface area (Å²) in [5.74, 6) is 0.875. The van der Waals surface area contributed by atoms with E-state index in [0.29, 0.717) is 12.1 Å². The molecule has 1 saturated carbocycles. The number of hydrogen-bond donors (Lipinski definition) is 1. The molecule has 3 nitrogen and oxygen atoms in total. The molecular weight excluding hydrogens is 222 g/mol. The Morgan fingerprint density at radius 2 is 2.06 bits per heavy atom. The minimum Gasteiger partial charge on any atom is -0.307 e. The van der Waals surface area contributed by atoms with Crippen LogP contribution in [0.3, 0.4) is 0 Å². The van der Waals surface area contributed by atoms with Crippen LogP contribution >= 0.6 is 0 Å². The van der Waals surface area contributed by atoms with Crippen LogP contribution in [0.5, 0.6) is 0 Å². The van der Waals surface area contributed by atoms with Crippen molar-refractivity contribution in [2.45, 2.75) is 65.5 Å². The number of aryl methyl sites for hydroxylation is 2. The van der Waals surface area contributed by atoms with Gasteiger partial charge in [0.15, 0.2) is 0 Å². The lowest BCUT2D eigenvalue weighted by Crippen LogP contribution is -2.35. The summed E-state index contributed by atoms with van der Waals surface area (Å²) in [5.41, 5.74) is 3.84. The first-order valence-corrected chi connectivity index (χ1v) is 7.25. The highest BCUT2D eigenvalue weighted by Gasteiger charge is 2.23. The Bertz CT molecular complexity index is 408. The fraction of sp³-hybridized carbons (Fsp3) is 0.800. The maximum atomic E-state index is 4.52. The largest absolute Gasteiger partial charge is 0.307 e. The lowest BCUT2D eigenvalue weighted by Gasteiger charge is -2.30. The number of nitrogens with zero attached hydrogens (tertiary/aromatic N) is 2. The van der Waals surface area contributed by atoms with Crippen molar-refractivity contribution in [3.05, 3.63) is 17.0 Å². The third kappa shape index (κ3) is 2.77. The van der Waals surface area contributed by atoms with Crippen molar-refractivity contribution in [1.29, 1.82) is 0 Å². The van der Waals surface area contributed by atoms with Gasteiger partial charge in [-0.15, -0.1) is 0 Å². The Labute approximate surface area is 111 Å². The third-order valence-electron chi connectivity index (χ3n) is 4.42. The molecule has 0 spiro atoms. The first-order valence-electron chi connectivity index (χ1n) is 7.25. The number of nitrogens with one attached hydrogen (secondary N) is 1. The van der Waals surface area contributed by atoms with Crippen LogP contribution in [0.15, 0.2) is 0 Å². The molecular formula is C15H27N3. The minimum atomic E-state index is 0.411. The van der Waals surface area contributed by atoms with Gasteiger partial charge in [-0.3, -0.25) is 4.68 Å². The fourth-order valence-corrected chi connectivity index (χ4v) is 3.44. The maximum absolute atomic E-state index is 4.52. The summed E-state index contributed by atoms with van der Waals surface area (Å²) >= 11 is 0. The molecule has 1 aliphatic rings. The SMILES string of the molecule is Cc1nn(C)c(C)c1C(C)NC1CCCC(C)C1. The van der Waals surface area contributed by atoms with E-state index in [1.165, 1.54) is 42.6 Å². The molecule has 0 amide bonds. The average molecular weight is 249 g/mol. The summed E-state index contributed by atoms with van der Waals surface area (Å²) in [5, 5.41) is 8.32. The summed E-state index contributed by atoms with van der Waals surface area (Å²) < 4.78 is 1.99. The molecule has 0 aliphatic heterocycles. The zero-order valence-electron chi connectivity index (χ0n) is 12.5. The molecule has 1 N–H and O–H groups in total. The van der Waals surface area contributed by atoms with E-state index in [0.717, 1.165) is 5.92 Å². The second-order valence-corrected chi connectivity index (χ2v) is 6.07. The molecule has 1 aromatic heterocycles. The quantitative estimate of drug-likeness (QED) is 0.891. The highest BCUT2D eigenvalue weighted by molar-refractivity contribution is 5.27. The smallest absolute Gasteiger partial charge is 0.0644 e. The molecule has 0 aromatic carbocycles. The Morgan fingerprint density at radius 1 is 1.33 bits per heavy atom. The molecule has 1 heterocycles. The summed E-state index contributed by atoms with van der Waals surface area (Å²) in [6, 6.07) is 1.09. The van der Waals surface area contributed by atoms with Crippen LogP contribution in [-0.2, 0) is 7.05 Å². The van der Waals surface area contributed by atoms with Gasteiger partial charge in [-0.25, -0.2) is 0 Å². The molecule has 0 bridgehead atoms. The van der Waals surface area contributed by atoms with Crippen LogP contribution in [0.4, 0.5) is 0 Å². The maximum Gasteiger partial charge on any atom is 0.0644 e. The molecule has 3 heteroatoms. The molecule has 1 aromatic rings. The topological polar surface area (TPSA) is 29.9 Å². The zero-order chi connectivity index (χ0) is 13.3. The molecule has 0 radical (unpaired) electrons. The van der Waals surface area contributed by atoms with E-state index < -0.39 is 0 Å². The van der Waals surface area contributed by atoms with Crippen LogP contribution in [0.2, 0.25) is 0 Å². The van der Waals surface area contributed by atoms with E-state index in [1.54, 1.807) is 0 Å². The van der Waals surface area contributed by atoms with Crippen molar-refractivity contribution >= 4 is 0 Å². The van der Waals surface area contributed by atoms with Crippen LogP contribution in [0.25, 0.3) is 0 Å². The van der Waals surface area contributed by atoms with Gasteiger partial charge in [-0.2, -0.15) is 5.10 Å². The highest BCUT2D eigenvalue weighted by atomic mass is 15.3. The first kappa shape index (κ1) is 13.6. The Balaban J connectivity index is 2.05. The third-order valence-corrected chi connectivity index (χ3v) is 4.42. The molecule has 3 unspecified atom stereocenters. The van der Waals surface area contributed by atoms with Crippen molar-refractivity contribution in [3.63, 3.8) is 0 Å². The standard InChI is InChI=1S/C15H27N3/c1-10-7-6-8-14(9-10)16-11(2)15-12(3)17-18(5)13(15)4/h10-11,14,16H,6-9H2,1-5H3. The molecule has 0 saturated heterocycles. The zero-order valence-corrected chi connectivity index (χ0v) is 12.5. The summed E-state index contributed by atoms with van der Waals surface area (Å²) in [6.07, 6.45) is 5.42. The van der Waals surface area contributed by atoms with E-state index in [-0.39, 0.29) is 0 Å². The second kappa shape index (κ2) is 5.43. The summed E-state index contributed by atoms with van der Waals surface area (Å²) in [7, 11) is 2.03. The van der Waals surface area contributed by atoms with Gasteiger partial charge in [0.1, 0.15) is 0 Å². The normalized spacial score (nSPS) is 26.3. The van der Waals surface area contributed by atoms with Gasteiger partial charge in [-0.1, -0.05) is 19.8 Å². The Hall–Kier alpha value is -0.830. The van der Waals surface area contributed by atoms with Crippen molar-refractivity contribution < 1.29 is 0 Å². The van der Waals surface area contributed by atoms with Gasteiger partial charge >= 0.3 is 0 Å². The van der Waals surface area contributed by atoms with E-state index in [9.17, 15) is 0 Å². The monoisotopic (exact) mass is 249 g/mol. The predicted molar refractivity (Wildman–Crippen MR) is 75.7 cm³/mol. The van der Waals surface area contributed by atoms with Gasteiger partial charge < -0.3 is 5.32 Å². The fourth-order valence-electron chi connectivity index (χ4n) is 3.44. The van der Waals surface area contributed by atoms with Crippen LogP contribution < -0.4 is 5.32 Å². The minimum absolute atomic E-state index is 0.411. The van der Waals surface area contributed by atoms with Gasteiger partial charge in [-0.05, 0) is 39.5 Å². The van der Waals surface area contributed by atoms with E-state index in [1.807, 2.05) is 11.7 Å². The second-order valence-electron chi connectivity index (χ2n) is 6.07. The van der Waals surface area contributed by atoms with E-state index in [4.69, 9.17) is 0 Å². The van der Waals surface area contributed by atoms with Crippen molar-refractivity contribution in [2.24, 2.45) is 13.0 Å². The van der Waals surface area contributed by atoms with Crippen molar-refractivity contribution in [1.82, 2.24) is 15.1 Å². The molecule has 18 heavy (non-hydrogen) atoms. The predicted octanol–water partition coefficient (Wildman–Crippen LogP) is 3.27. The molecule has 1 fully saturated rings.